The van der Waals surface area contributed by atoms with Crippen molar-refractivity contribution in [3.05, 3.63) is 41.6 Å². The molecular formula is C18H27AcN2O3-. The molecule has 0 spiro atoms. The minimum Gasteiger partial charge on any atom is -0.676 e. The second kappa shape index (κ2) is 9.64. The van der Waals surface area contributed by atoms with Crippen LogP contribution in [0.25, 0.3) is 5.73 Å². The Morgan fingerprint density at radius 2 is 1.96 bits per heavy atom. The standard InChI is InChI=1S/C18H27N2O3.Ac/c1-18(2,3)23-17(22)15-9-14(12-21)16(10-19)20(15)11-13-7-5-4-6-8-13;/h4-8,14-16,19,21H,9-12H2,1-3H3;/q-1;/t14-,15+,16-;/m0./s1. The van der Waals surface area contributed by atoms with E-state index in [2.05, 4.69) is 0 Å². The van der Waals surface area contributed by atoms with Crippen molar-refractivity contribution in [1.29, 1.82) is 0 Å². The Hall–Kier alpha value is 0.0116. The van der Waals surface area contributed by atoms with E-state index in [1.54, 1.807) is 0 Å². The summed E-state index contributed by atoms with van der Waals surface area (Å²) in [5.74, 6) is -0.323. The molecule has 24 heavy (non-hydrogen) atoms. The summed E-state index contributed by atoms with van der Waals surface area (Å²) in [5.41, 5.74) is 8.39. The van der Waals surface area contributed by atoms with E-state index in [-0.39, 0.29) is 75.1 Å². The van der Waals surface area contributed by atoms with E-state index in [4.69, 9.17) is 10.5 Å². The van der Waals surface area contributed by atoms with E-state index < -0.39 is 11.6 Å². The molecule has 1 aliphatic rings. The molecule has 3 atom stereocenters. The third-order valence-electron chi connectivity index (χ3n) is 4.23. The van der Waals surface area contributed by atoms with Gasteiger partial charge in [-0.1, -0.05) is 30.3 Å². The summed E-state index contributed by atoms with van der Waals surface area (Å²) in [6.07, 6.45) is 0.543. The van der Waals surface area contributed by atoms with Crippen molar-refractivity contribution in [3.63, 3.8) is 0 Å². The quantitative estimate of drug-likeness (QED) is 0.577. The molecule has 1 fully saturated rings. The Morgan fingerprint density at radius 1 is 1.33 bits per heavy atom. The number of aliphatic hydroxyl groups excluding tert-OH is 1. The van der Waals surface area contributed by atoms with Gasteiger partial charge in [0.1, 0.15) is 11.6 Å². The zero-order valence-corrected chi connectivity index (χ0v) is 19.5. The van der Waals surface area contributed by atoms with Crippen LogP contribution in [0.2, 0.25) is 0 Å². The fraction of sp³-hybridized carbons (Fsp3) is 0.611. The molecule has 0 unspecified atom stereocenters. The molecule has 1 radical (unpaired) electrons. The van der Waals surface area contributed by atoms with Gasteiger partial charge in [0, 0.05) is 57.2 Å². The van der Waals surface area contributed by atoms with Crippen LogP contribution in [0, 0.1) is 50.0 Å². The van der Waals surface area contributed by atoms with Gasteiger partial charge >= 0.3 is 5.97 Å². The van der Waals surface area contributed by atoms with Gasteiger partial charge in [-0.3, -0.25) is 9.69 Å². The normalized spacial score (nSPS) is 24.5. The van der Waals surface area contributed by atoms with Crippen molar-refractivity contribution in [2.24, 2.45) is 5.92 Å². The molecule has 1 aromatic carbocycles. The molecule has 0 aliphatic carbocycles. The first-order valence-corrected chi connectivity index (χ1v) is 8.13. The zero-order chi connectivity index (χ0) is 17.0. The Kier molecular flexibility index (Phi) is 8.86. The summed E-state index contributed by atoms with van der Waals surface area (Å²) in [6, 6.07) is 9.39. The number of rotatable bonds is 5. The molecule has 2 rings (SSSR count). The molecule has 5 nitrogen and oxygen atoms in total. The van der Waals surface area contributed by atoms with Crippen LogP contribution in [-0.2, 0) is 16.1 Å². The van der Waals surface area contributed by atoms with Gasteiger partial charge in [-0.2, -0.15) is 0 Å². The number of esters is 1. The van der Waals surface area contributed by atoms with Crippen molar-refractivity contribution in [2.45, 2.75) is 51.4 Å². The van der Waals surface area contributed by atoms with Crippen molar-refractivity contribution < 1.29 is 58.7 Å². The van der Waals surface area contributed by atoms with Crippen LogP contribution in [0.4, 0.5) is 0 Å². The number of carbonyl (C=O) groups is 1. The van der Waals surface area contributed by atoms with E-state index in [1.165, 1.54) is 0 Å². The second-order valence-electron chi connectivity index (χ2n) is 7.16. The fourth-order valence-electron chi connectivity index (χ4n) is 3.18. The number of likely N-dealkylation sites (tertiary alicyclic amines) is 1. The first kappa shape index (κ1) is 22.1. The van der Waals surface area contributed by atoms with E-state index in [9.17, 15) is 9.90 Å². The first-order valence-electron chi connectivity index (χ1n) is 8.13. The molecule has 6 heteroatoms. The molecule has 131 valence electrons. The summed E-state index contributed by atoms with van der Waals surface area (Å²) in [7, 11) is 0. The molecular weight excluding hydrogens is 519 g/mol. The minimum absolute atomic E-state index is 0. The Labute approximate surface area is 180 Å². The summed E-state index contributed by atoms with van der Waals surface area (Å²) in [5, 5.41) is 9.62. The number of nitrogens with one attached hydrogen (secondary N) is 1. The maximum atomic E-state index is 12.6. The molecule has 2 N–H and O–H groups in total. The fourth-order valence-corrected chi connectivity index (χ4v) is 3.18. The number of ether oxygens (including phenoxy) is 1. The number of benzene rings is 1. The molecule has 0 aromatic heterocycles. The summed E-state index contributed by atoms with van der Waals surface area (Å²) >= 11 is 0. The molecule has 1 saturated heterocycles. The van der Waals surface area contributed by atoms with Crippen LogP contribution >= 0.6 is 0 Å². The number of nitrogens with zero attached hydrogens (tertiary/aromatic N) is 1. The number of hydrogen-bond donors (Lipinski definition) is 1. The first-order chi connectivity index (χ1) is 10.9. The summed E-state index contributed by atoms with van der Waals surface area (Å²) in [6.45, 7) is 6.31. The monoisotopic (exact) mass is 546 g/mol. The van der Waals surface area contributed by atoms with Crippen LogP contribution in [0.3, 0.4) is 0 Å². The number of carbonyl (C=O) groups excluding carboxylic acids is 1. The van der Waals surface area contributed by atoms with Gasteiger partial charge in [0.2, 0.25) is 0 Å². The third kappa shape index (κ3) is 5.78. The molecule has 1 heterocycles. The van der Waals surface area contributed by atoms with Crippen molar-refractivity contribution in [3.8, 4) is 0 Å². The predicted molar refractivity (Wildman–Crippen MR) is 89.8 cm³/mol. The van der Waals surface area contributed by atoms with Gasteiger partial charge in [-0.05, 0) is 44.7 Å². The van der Waals surface area contributed by atoms with Gasteiger partial charge in [0.25, 0.3) is 0 Å². The van der Waals surface area contributed by atoms with E-state index in [1.807, 2.05) is 56.0 Å². The second-order valence-corrected chi connectivity index (χ2v) is 7.16. The summed E-state index contributed by atoms with van der Waals surface area (Å²) < 4.78 is 5.55. The van der Waals surface area contributed by atoms with Gasteiger partial charge in [-0.25, -0.2) is 0 Å². The van der Waals surface area contributed by atoms with E-state index in [0.29, 0.717) is 13.0 Å². The van der Waals surface area contributed by atoms with Crippen molar-refractivity contribution >= 4 is 5.97 Å². The molecule has 0 saturated carbocycles. The molecule has 1 aromatic rings. The molecule has 1 aliphatic heterocycles. The van der Waals surface area contributed by atoms with Crippen LogP contribution in [-0.4, -0.2) is 46.8 Å². The maximum absolute atomic E-state index is 12.6. The number of aliphatic hydroxyl groups is 1. The van der Waals surface area contributed by atoms with E-state index in [0.717, 1.165) is 5.56 Å². The predicted octanol–water partition coefficient (Wildman–Crippen LogP) is 2.63. The van der Waals surface area contributed by atoms with Crippen molar-refractivity contribution in [2.75, 3.05) is 13.2 Å². The summed E-state index contributed by atoms with van der Waals surface area (Å²) in [4.78, 5) is 14.6. The smallest absolute Gasteiger partial charge is 0.323 e. The van der Waals surface area contributed by atoms with Crippen LogP contribution in [0.15, 0.2) is 30.3 Å². The molecule has 0 amide bonds. The SMILES string of the molecule is CC(C)(C)OC(=O)[C@H]1C[C@@H](CO)[C@H](C[NH-])N1Cc1ccccc1.[Ac]. The Bertz CT molecular complexity index is 519. The molecule has 0 bridgehead atoms. The third-order valence-corrected chi connectivity index (χ3v) is 4.23. The van der Waals surface area contributed by atoms with Crippen LogP contribution < -0.4 is 0 Å². The number of hydrogen-bond acceptors (Lipinski definition) is 4. The topological polar surface area (TPSA) is 73.6 Å². The van der Waals surface area contributed by atoms with Crippen LogP contribution in [0.5, 0.6) is 0 Å². The van der Waals surface area contributed by atoms with Gasteiger partial charge in [-0.15, -0.1) is 6.54 Å². The Morgan fingerprint density at radius 3 is 2.46 bits per heavy atom. The van der Waals surface area contributed by atoms with Crippen LogP contribution in [0.1, 0.15) is 32.8 Å². The van der Waals surface area contributed by atoms with Gasteiger partial charge < -0.3 is 15.6 Å². The minimum atomic E-state index is -0.538. The van der Waals surface area contributed by atoms with Crippen molar-refractivity contribution in [1.82, 2.24) is 4.90 Å². The average molecular weight is 546 g/mol. The van der Waals surface area contributed by atoms with Gasteiger partial charge in [0.15, 0.2) is 0 Å². The largest absolute Gasteiger partial charge is 0.676 e. The van der Waals surface area contributed by atoms with Gasteiger partial charge in [0.05, 0.1) is 0 Å². The maximum Gasteiger partial charge on any atom is 0.323 e. The zero-order valence-electron chi connectivity index (χ0n) is 14.7. The van der Waals surface area contributed by atoms with E-state index >= 15 is 0 Å². The average Bonchev–Trinajstić information content (AvgIpc) is 2.84. The Balaban J connectivity index is 0.00000288.